The molecule has 6 aliphatic rings. The number of carbonyl (C=O) groups is 4. The van der Waals surface area contributed by atoms with Crippen molar-refractivity contribution in [3.63, 3.8) is 0 Å². The Morgan fingerprint density at radius 3 is 1.36 bits per heavy atom. The summed E-state index contributed by atoms with van der Waals surface area (Å²) in [4.78, 5) is 52.1. The molecule has 2 amide bonds. The van der Waals surface area contributed by atoms with Crippen LogP contribution in [0.4, 0.5) is 0 Å². The zero-order valence-electron chi connectivity index (χ0n) is 22.1. The lowest BCUT2D eigenvalue weighted by molar-refractivity contribution is -0.205. The molecule has 8 atom stereocenters. The van der Waals surface area contributed by atoms with Crippen molar-refractivity contribution in [2.75, 3.05) is 0 Å². The van der Waals surface area contributed by atoms with E-state index in [1.54, 1.807) is 0 Å². The molecule has 2 heterocycles. The van der Waals surface area contributed by atoms with Gasteiger partial charge in [-0.05, 0) is 48.3 Å². The molecule has 0 aromatic rings. The van der Waals surface area contributed by atoms with Crippen molar-refractivity contribution in [1.82, 2.24) is 10.0 Å². The largest absolute Gasteiger partial charge is 0.436 e. The van der Waals surface area contributed by atoms with Gasteiger partial charge in [-0.3, -0.25) is 19.2 Å². The van der Waals surface area contributed by atoms with Gasteiger partial charge in [0.25, 0.3) is 0 Å². The van der Waals surface area contributed by atoms with Crippen molar-refractivity contribution >= 4 is 35.2 Å². The molecule has 0 bridgehead atoms. The third-order valence-electron chi connectivity index (χ3n) is 10.3. The maximum Gasteiger partial charge on any atom is 0.337 e. The van der Waals surface area contributed by atoms with Crippen LogP contribution in [0.5, 0.6) is 0 Å². The zero-order valence-corrected chi connectivity index (χ0v) is 22.1. The first-order valence-electron chi connectivity index (χ1n) is 12.8. The third kappa shape index (κ3) is 2.58. The van der Waals surface area contributed by atoms with E-state index in [9.17, 15) is 19.2 Å². The second-order valence-electron chi connectivity index (χ2n) is 12.9. The molecule has 10 heteroatoms. The van der Waals surface area contributed by atoms with E-state index in [1.807, 2.05) is 13.8 Å². The molecule has 0 aromatic carbocycles. The van der Waals surface area contributed by atoms with Crippen molar-refractivity contribution in [1.29, 1.82) is 0 Å². The lowest BCUT2D eigenvalue weighted by atomic mass is 9.83. The molecule has 4 aliphatic carbocycles. The molecular weight excluding hydrogens is 464 g/mol. The summed E-state index contributed by atoms with van der Waals surface area (Å²) in [5.74, 6) is -2.52. The number of hydrogen-bond acceptors (Lipinski definition) is 8. The van der Waals surface area contributed by atoms with Crippen LogP contribution in [0, 0.1) is 46.3 Å². The summed E-state index contributed by atoms with van der Waals surface area (Å²) in [5.41, 5.74) is -1.19. The van der Waals surface area contributed by atoms with Crippen LogP contribution >= 0.6 is 0 Å². The highest BCUT2D eigenvalue weighted by Crippen LogP contribution is 2.75. The quantitative estimate of drug-likeness (QED) is 0.426. The van der Waals surface area contributed by atoms with Gasteiger partial charge in [-0.25, -0.2) is 0 Å². The topological polar surface area (TPSA) is 118 Å². The van der Waals surface area contributed by atoms with Gasteiger partial charge in [-0.2, -0.15) is 20.2 Å². The van der Waals surface area contributed by atoms with Crippen LogP contribution in [0.15, 0.2) is 10.2 Å². The van der Waals surface area contributed by atoms with Gasteiger partial charge in [0, 0.05) is 38.1 Å². The summed E-state index contributed by atoms with van der Waals surface area (Å²) in [6.45, 7) is 14.9. The molecule has 0 spiro atoms. The molecule has 0 N–H and O–H groups in total. The number of hydrazone groups is 2. The maximum atomic E-state index is 13.9. The number of rotatable bonds is 2. The minimum Gasteiger partial charge on any atom is -0.436 e. The summed E-state index contributed by atoms with van der Waals surface area (Å²) >= 11 is 0. The molecule has 194 valence electrons. The molecular formula is C26H34N4O6. The highest BCUT2D eigenvalue weighted by Gasteiger charge is 2.80. The number of amides is 2. The van der Waals surface area contributed by atoms with E-state index in [0.717, 1.165) is 10.0 Å². The second kappa shape index (κ2) is 6.55. The molecule has 0 unspecified atom stereocenters. The van der Waals surface area contributed by atoms with E-state index < -0.39 is 35.2 Å². The SMILES string of the molecule is CC(=O)O[C@@]12C[C@@H]3[C@@H]([C@H]1C(C)=NN2C(=O)C(=O)N1N=C(C)[C@H]2[C@@H]4[C@@H](C[C@@]21OC(C)=O)C4(C)C)C3(C)C. The van der Waals surface area contributed by atoms with E-state index in [1.165, 1.54) is 13.8 Å². The van der Waals surface area contributed by atoms with E-state index >= 15 is 0 Å². The number of carbonyl (C=O) groups excluding carboxylic acids is 4. The molecule has 0 saturated heterocycles. The lowest BCUT2D eigenvalue weighted by Crippen LogP contribution is -2.60. The molecule has 0 aromatic heterocycles. The van der Waals surface area contributed by atoms with Gasteiger partial charge < -0.3 is 9.47 Å². The summed E-state index contributed by atoms with van der Waals surface area (Å²) in [7, 11) is 0. The average molecular weight is 499 g/mol. The average Bonchev–Trinajstić information content (AvgIpc) is 3.19. The normalized spacial score (nSPS) is 43.6. The predicted molar refractivity (Wildman–Crippen MR) is 127 cm³/mol. The predicted octanol–water partition coefficient (Wildman–Crippen LogP) is 2.53. The van der Waals surface area contributed by atoms with Crippen molar-refractivity contribution in [3.05, 3.63) is 0 Å². The fraction of sp³-hybridized carbons (Fsp3) is 0.769. The first-order chi connectivity index (χ1) is 16.6. The highest BCUT2D eigenvalue weighted by atomic mass is 16.6. The van der Waals surface area contributed by atoms with Gasteiger partial charge in [0.05, 0.1) is 11.8 Å². The number of esters is 2. The monoisotopic (exact) mass is 498 g/mol. The summed E-state index contributed by atoms with van der Waals surface area (Å²) in [5, 5.41) is 11.1. The number of hydrogen-bond donors (Lipinski definition) is 0. The lowest BCUT2D eigenvalue weighted by Gasteiger charge is -2.41. The Kier molecular flexibility index (Phi) is 4.30. The fourth-order valence-electron chi connectivity index (χ4n) is 8.75. The smallest absolute Gasteiger partial charge is 0.337 e. The first kappa shape index (κ1) is 23.6. The zero-order chi connectivity index (χ0) is 26.3. The van der Waals surface area contributed by atoms with Crippen LogP contribution in [0.3, 0.4) is 0 Å². The Morgan fingerprint density at radius 2 is 1.06 bits per heavy atom. The van der Waals surface area contributed by atoms with E-state index in [0.29, 0.717) is 24.3 Å². The van der Waals surface area contributed by atoms with Crippen LogP contribution in [-0.2, 0) is 28.7 Å². The molecule has 10 nitrogen and oxygen atoms in total. The van der Waals surface area contributed by atoms with Crippen LogP contribution in [0.2, 0.25) is 0 Å². The first-order valence-corrected chi connectivity index (χ1v) is 12.8. The van der Waals surface area contributed by atoms with Crippen LogP contribution < -0.4 is 0 Å². The van der Waals surface area contributed by atoms with Gasteiger partial charge in [0.1, 0.15) is 0 Å². The standard InChI is InChI=1S/C26H34N4O6/c1-11-17-19-15(23(19,5)6)9-25(17,35-13(3)31)29(27-11)21(33)22(34)30-26(36-14(4)32)10-16-20(24(16,7)8)18(26)12(2)28-30/h15-20H,9-10H2,1-8H3/t15-,16-,17-,18+,19+,20+,25+,26-/m1/s1. The summed E-state index contributed by atoms with van der Waals surface area (Å²) < 4.78 is 11.7. The Hall–Kier alpha value is -2.78. The summed E-state index contributed by atoms with van der Waals surface area (Å²) in [6, 6.07) is 0. The Bertz CT molecular complexity index is 1110. The van der Waals surface area contributed by atoms with Gasteiger partial charge in [0.15, 0.2) is 0 Å². The van der Waals surface area contributed by atoms with Crippen molar-refractivity contribution in [3.8, 4) is 0 Å². The molecule has 2 aliphatic heterocycles. The molecule has 6 rings (SSSR count). The maximum absolute atomic E-state index is 13.9. The van der Waals surface area contributed by atoms with Crippen LogP contribution in [-0.4, -0.2) is 56.6 Å². The van der Waals surface area contributed by atoms with Gasteiger partial charge in [-0.1, -0.05) is 27.7 Å². The highest BCUT2D eigenvalue weighted by molar-refractivity contribution is 6.35. The third-order valence-corrected chi connectivity index (χ3v) is 10.3. The minimum absolute atomic E-state index is 0.0504. The minimum atomic E-state index is -1.32. The Balaban J connectivity index is 1.35. The molecule has 36 heavy (non-hydrogen) atoms. The van der Waals surface area contributed by atoms with Gasteiger partial charge >= 0.3 is 23.8 Å². The van der Waals surface area contributed by atoms with E-state index in [4.69, 9.17) is 9.47 Å². The molecule has 4 fully saturated rings. The number of fused-ring (bicyclic) bond motifs is 6. The van der Waals surface area contributed by atoms with Crippen molar-refractivity contribution in [2.24, 2.45) is 56.5 Å². The fourth-order valence-corrected chi connectivity index (χ4v) is 8.75. The van der Waals surface area contributed by atoms with Gasteiger partial charge in [-0.15, -0.1) is 0 Å². The molecule has 0 radical (unpaired) electrons. The van der Waals surface area contributed by atoms with E-state index in [-0.39, 0.29) is 46.3 Å². The summed E-state index contributed by atoms with van der Waals surface area (Å²) in [6.07, 6.45) is 0.847. The van der Waals surface area contributed by atoms with Crippen LogP contribution in [0.25, 0.3) is 0 Å². The Morgan fingerprint density at radius 1 is 0.722 bits per heavy atom. The van der Waals surface area contributed by atoms with Gasteiger partial charge in [0.2, 0.25) is 11.4 Å². The number of nitrogens with zero attached hydrogens (tertiary/aromatic N) is 4. The Labute approximate surface area is 210 Å². The van der Waals surface area contributed by atoms with Crippen LogP contribution in [0.1, 0.15) is 68.2 Å². The van der Waals surface area contributed by atoms with E-state index in [2.05, 4.69) is 37.9 Å². The number of ether oxygens (including phenoxy) is 2. The second-order valence-corrected chi connectivity index (χ2v) is 12.9. The molecule has 4 saturated carbocycles. The van der Waals surface area contributed by atoms with Crippen molar-refractivity contribution < 1.29 is 28.7 Å². The van der Waals surface area contributed by atoms with Crippen molar-refractivity contribution in [2.45, 2.75) is 79.7 Å².